The Hall–Kier alpha value is -1.68. The summed E-state index contributed by atoms with van der Waals surface area (Å²) in [5.41, 5.74) is 0.955. The van der Waals surface area contributed by atoms with Crippen LogP contribution in [0, 0.1) is 6.92 Å². The van der Waals surface area contributed by atoms with E-state index in [0.29, 0.717) is 36.2 Å². The monoisotopic (exact) mass is 565 g/mol. The summed E-state index contributed by atoms with van der Waals surface area (Å²) in [4.78, 5) is 24.4. The van der Waals surface area contributed by atoms with E-state index in [-0.39, 0.29) is 18.1 Å². The standard InChI is InChI=1S/C26H29Cl2N3O3S2/c1-17-29-26(23-3-2-12-35-23)24(36-17)14-25(32)31-10-11-33-20(16-31)15-30-8-6-18(7-9-30)34-19-4-5-21(27)22(28)13-19/h2-5,12-13,18,20H,6-11,14-16H2,1H3. The van der Waals surface area contributed by atoms with Gasteiger partial charge in [-0.3, -0.25) is 4.79 Å². The van der Waals surface area contributed by atoms with E-state index in [4.69, 9.17) is 32.7 Å². The van der Waals surface area contributed by atoms with E-state index in [1.54, 1.807) is 34.8 Å². The summed E-state index contributed by atoms with van der Waals surface area (Å²) in [7, 11) is 0. The molecule has 1 amide bonds. The Morgan fingerprint density at radius 3 is 2.78 bits per heavy atom. The summed E-state index contributed by atoms with van der Waals surface area (Å²) in [5, 5.41) is 4.08. The van der Waals surface area contributed by atoms with Crippen LogP contribution < -0.4 is 4.74 Å². The van der Waals surface area contributed by atoms with E-state index >= 15 is 0 Å². The number of amides is 1. The molecule has 2 aliphatic rings. The maximum atomic E-state index is 13.2. The third-order valence-corrected chi connectivity index (χ3v) is 9.14. The van der Waals surface area contributed by atoms with Crippen LogP contribution in [0.25, 0.3) is 10.6 Å². The molecule has 0 saturated carbocycles. The van der Waals surface area contributed by atoms with Crippen molar-refractivity contribution in [2.75, 3.05) is 39.3 Å². The minimum absolute atomic E-state index is 0.0233. The number of thiazole rings is 1. The first-order valence-electron chi connectivity index (χ1n) is 12.2. The van der Waals surface area contributed by atoms with Crippen LogP contribution in [0.3, 0.4) is 0 Å². The molecule has 2 aromatic heterocycles. The first kappa shape index (κ1) is 25.9. The molecule has 0 N–H and O–H groups in total. The number of hydrogen-bond donors (Lipinski definition) is 0. The fraction of sp³-hybridized carbons (Fsp3) is 0.462. The van der Waals surface area contributed by atoms with Crippen LogP contribution in [0.2, 0.25) is 10.0 Å². The van der Waals surface area contributed by atoms with Gasteiger partial charge in [0, 0.05) is 43.7 Å². The number of piperidine rings is 1. The van der Waals surface area contributed by atoms with Gasteiger partial charge in [-0.2, -0.15) is 0 Å². The third kappa shape index (κ3) is 6.41. The molecular formula is C26H29Cl2N3O3S2. The van der Waals surface area contributed by atoms with Crippen LogP contribution in [-0.4, -0.2) is 72.2 Å². The second-order valence-electron chi connectivity index (χ2n) is 9.19. The Morgan fingerprint density at radius 1 is 1.19 bits per heavy atom. The second kappa shape index (κ2) is 11.8. The first-order valence-corrected chi connectivity index (χ1v) is 14.6. The summed E-state index contributed by atoms with van der Waals surface area (Å²) in [6, 6.07) is 9.49. The zero-order valence-corrected chi connectivity index (χ0v) is 23.3. The Kier molecular flexibility index (Phi) is 8.50. The molecule has 0 spiro atoms. The lowest BCUT2D eigenvalue weighted by Gasteiger charge is -2.38. The summed E-state index contributed by atoms with van der Waals surface area (Å²) >= 11 is 15.4. The van der Waals surface area contributed by atoms with Crippen molar-refractivity contribution in [3.63, 3.8) is 0 Å². The average Bonchev–Trinajstić information content (AvgIpc) is 3.52. The molecule has 10 heteroatoms. The summed E-state index contributed by atoms with van der Waals surface area (Å²) in [5.74, 6) is 0.907. The number of likely N-dealkylation sites (tertiary alicyclic amines) is 1. The van der Waals surface area contributed by atoms with Crippen molar-refractivity contribution in [1.29, 1.82) is 0 Å². The molecule has 4 heterocycles. The largest absolute Gasteiger partial charge is 0.490 e. The van der Waals surface area contributed by atoms with Crippen molar-refractivity contribution < 1.29 is 14.3 Å². The van der Waals surface area contributed by atoms with E-state index in [2.05, 4.69) is 16.0 Å². The number of aromatic nitrogens is 1. The molecule has 5 rings (SSSR count). The molecule has 2 aliphatic heterocycles. The Labute approximate surface area is 229 Å². The van der Waals surface area contributed by atoms with Gasteiger partial charge in [0.05, 0.1) is 44.8 Å². The number of nitrogens with zero attached hydrogens (tertiary/aromatic N) is 3. The van der Waals surface area contributed by atoms with Gasteiger partial charge in [-0.15, -0.1) is 22.7 Å². The minimum Gasteiger partial charge on any atom is -0.490 e. The number of benzene rings is 1. The molecule has 6 nitrogen and oxygen atoms in total. The van der Waals surface area contributed by atoms with Crippen LogP contribution in [0.15, 0.2) is 35.7 Å². The molecule has 2 saturated heterocycles. The predicted octanol–water partition coefficient (Wildman–Crippen LogP) is 5.80. The third-order valence-electron chi connectivity index (χ3n) is 6.55. The second-order valence-corrected chi connectivity index (χ2v) is 12.2. The lowest BCUT2D eigenvalue weighted by atomic mass is 10.1. The highest BCUT2D eigenvalue weighted by Gasteiger charge is 2.29. The van der Waals surface area contributed by atoms with E-state index in [9.17, 15) is 4.79 Å². The van der Waals surface area contributed by atoms with Crippen LogP contribution in [-0.2, 0) is 16.0 Å². The highest BCUT2D eigenvalue weighted by Crippen LogP contribution is 2.32. The van der Waals surface area contributed by atoms with Crippen molar-refractivity contribution in [2.45, 2.75) is 38.4 Å². The van der Waals surface area contributed by atoms with Crippen LogP contribution >= 0.6 is 45.9 Å². The number of rotatable bonds is 7. The van der Waals surface area contributed by atoms with Gasteiger partial charge in [-0.1, -0.05) is 29.3 Å². The van der Waals surface area contributed by atoms with Gasteiger partial charge < -0.3 is 19.3 Å². The van der Waals surface area contributed by atoms with Gasteiger partial charge >= 0.3 is 0 Å². The number of morpholine rings is 1. The molecule has 0 aliphatic carbocycles. The first-order chi connectivity index (χ1) is 17.4. The maximum Gasteiger partial charge on any atom is 0.228 e. The molecular weight excluding hydrogens is 537 g/mol. The van der Waals surface area contributed by atoms with Crippen LogP contribution in [0.1, 0.15) is 22.7 Å². The summed E-state index contributed by atoms with van der Waals surface area (Å²) in [6.07, 6.45) is 2.44. The zero-order valence-electron chi connectivity index (χ0n) is 20.1. The Bertz CT molecular complexity index is 1180. The highest BCUT2D eigenvalue weighted by molar-refractivity contribution is 7.15. The Balaban J connectivity index is 1.11. The molecule has 0 bridgehead atoms. The van der Waals surface area contributed by atoms with Gasteiger partial charge in [0.25, 0.3) is 0 Å². The van der Waals surface area contributed by atoms with Gasteiger partial charge in [-0.25, -0.2) is 4.98 Å². The van der Waals surface area contributed by atoms with Crippen molar-refractivity contribution in [3.05, 3.63) is 55.6 Å². The van der Waals surface area contributed by atoms with Crippen LogP contribution in [0.5, 0.6) is 5.75 Å². The fourth-order valence-corrected chi connectivity index (χ4v) is 6.78. The molecule has 192 valence electrons. The number of halogens is 2. The number of aryl methyl sites for hydroxylation is 1. The predicted molar refractivity (Wildman–Crippen MR) is 147 cm³/mol. The van der Waals surface area contributed by atoms with Crippen molar-refractivity contribution in [3.8, 4) is 16.3 Å². The van der Waals surface area contributed by atoms with Gasteiger partial charge in [0.2, 0.25) is 5.91 Å². The normalized spacial score (nSPS) is 19.5. The van der Waals surface area contributed by atoms with Gasteiger partial charge in [0.15, 0.2) is 0 Å². The van der Waals surface area contributed by atoms with E-state index in [1.807, 2.05) is 29.3 Å². The van der Waals surface area contributed by atoms with E-state index in [1.165, 1.54) is 0 Å². The lowest BCUT2D eigenvalue weighted by molar-refractivity contribution is -0.138. The van der Waals surface area contributed by atoms with Crippen molar-refractivity contribution >= 4 is 51.8 Å². The summed E-state index contributed by atoms with van der Waals surface area (Å²) < 4.78 is 12.2. The number of carbonyl (C=O) groups is 1. The fourth-order valence-electron chi connectivity index (χ4n) is 4.74. The number of thiophene rings is 1. The maximum absolute atomic E-state index is 13.2. The molecule has 3 aromatic rings. The summed E-state index contributed by atoms with van der Waals surface area (Å²) in [6.45, 7) is 6.54. The quantitative estimate of drug-likeness (QED) is 0.362. The highest BCUT2D eigenvalue weighted by atomic mass is 35.5. The number of carbonyl (C=O) groups excluding carboxylic acids is 1. The molecule has 0 radical (unpaired) electrons. The molecule has 1 aromatic carbocycles. The molecule has 1 unspecified atom stereocenters. The lowest BCUT2D eigenvalue weighted by Crippen LogP contribution is -2.51. The zero-order chi connectivity index (χ0) is 25.1. The molecule has 2 fully saturated rings. The van der Waals surface area contributed by atoms with E-state index < -0.39 is 0 Å². The van der Waals surface area contributed by atoms with Gasteiger partial charge in [-0.05, 0) is 43.3 Å². The smallest absolute Gasteiger partial charge is 0.228 e. The Morgan fingerprint density at radius 2 is 2.03 bits per heavy atom. The van der Waals surface area contributed by atoms with Gasteiger partial charge in [0.1, 0.15) is 11.9 Å². The van der Waals surface area contributed by atoms with Crippen LogP contribution in [0.4, 0.5) is 0 Å². The minimum atomic E-state index is 0.0233. The molecule has 36 heavy (non-hydrogen) atoms. The van der Waals surface area contributed by atoms with Crippen molar-refractivity contribution in [1.82, 2.24) is 14.8 Å². The SMILES string of the molecule is Cc1nc(-c2cccs2)c(CC(=O)N2CCOC(CN3CCC(Oc4ccc(Cl)c(Cl)c4)CC3)C2)s1. The molecule has 1 atom stereocenters. The average molecular weight is 567 g/mol. The van der Waals surface area contributed by atoms with E-state index in [0.717, 1.165) is 58.7 Å². The number of hydrogen-bond acceptors (Lipinski definition) is 7. The van der Waals surface area contributed by atoms with Crippen molar-refractivity contribution in [2.24, 2.45) is 0 Å². The topological polar surface area (TPSA) is 54.9 Å². The number of ether oxygens (including phenoxy) is 2.